The van der Waals surface area contributed by atoms with E-state index in [1.54, 1.807) is 32.6 Å². The smallest absolute Gasteiger partial charge is 0.179 e. The second kappa shape index (κ2) is 8.80. The Morgan fingerprint density at radius 2 is 1.79 bits per heavy atom. The zero-order valence-electron chi connectivity index (χ0n) is 13.5. The minimum atomic E-state index is 0.333. The van der Waals surface area contributed by atoms with E-state index >= 15 is 0 Å². The normalized spacial score (nSPS) is 10.7. The van der Waals surface area contributed by atoms with Crippen molar-refractivity contribution in [3.63, 3.8) is 0 Å². The Morgan fingerprint density at radius 1 is 1.04 bits per heavy atom. The van der Waals surface area contributed by atoms with Crippen LogP contribution in [-0.2, 0) is 11.4 Å². The van der Waals surface area contributed by atoms with E-state index in [9.17, 15) is 0 Å². The minimum Gasteiger partial charge on any atom is -0.496 e. The van der Waals surface area contributed by atoms with E-state index in [1.165, 1.54) is 7.11 Å². The van der Waals surface area contributed by atoms with Gasteiger partial charge in [-0.1, -0.05) is 22.8 Å². The summed E-state index contributed by atoms with van der Waals surface area (Å²) in [5, 5.41) is 4.40. The van der Waals surface area contributed by atoms with Gasteiger partial charge in [0.1, 0.15) is 12.4 Å². The number of methoxy groups -OCH3 is 3. The van der Waals surface area contributed by atoms with Crippen molar-refractivity contribution in [2.24, 2.45) is 5.16 Å². The van der Waals surface area contributed by atoms with Gasteiger partial charge in [-0.3, -0.25) is 0 Å². The van der Waals surface area contributed by atoms with E-state index in [4.69, 9.17) is 30.6 Å². The summed E-state index contributed by atoms with van der Waals surface area (Å²) >= 11 is 9.57. The summed E-state index contributed by atoms with van der Waals surface area (Å²) < 4.78 is 16.5. The maximum Gasteiger partial charge on any atom is 0.179 e. The highest BCUT2D eigenvalue weighted by Gasteiger charge is 2.10. The summed E-state index contributed by atoms with van der Waals surface area (Å²) in [6, 6.07) is 9.18. The molecule has 0 bridgehead atoms. The van der Waals surface area contributed by atoms with Crippen LogP contribution in [0.2, 0.25) is 5.02 Å². The first-order chi connectivity index (χ1) is 11.6. The quantitative estimate of drug-likeness (QED) is 0.487. The van der Waals surface area contributed by atoms with E-state index in [2.05, 4.69) is 21.1 Å². The molecule has 2 aromatic carbocycles. The first kappa shape index (κ1) is 18.4. The molecular weight excluding hydrogens is 398 g/mol. The number of oxime groups is 1. The van der Waals surface area contributed by atoms with Crippen LogP contribution < -0.4 is 14.2 Å². The Morgan fingerprint density at radius 3 is 2.42 bits per heavy atom. The fraction of sp³-hybridized carbons (Fsp3) is 0.235. The fourth-order valence-electron chi connectivity index (χ4n) is 2.02. The van der Waals surface area contributed by atoms with Crippen molar-refractivity contribution < 1.29 is 19.0 Å². The second-order valence-electron chi connectivity index (χ2n) is 4.72. The zero-order valence-corrected chi connectivity index (χ0v) is 15.8. The van der Waals surface area contributed by atoms with Crippen LogP contribution in [0.15, 0.2) is 40.0 Å². The van der Waals surface area contributed by atoms with Gasteiger partial charge in [0.05, 0.1) is 37.0 Å². The fourth-order valence-corrected chi connectivity index (χ4v) is 2.91. The Kier molecular flexibility index (Phi) is 6.75. The molecule has 2 aromatic rings. The highest BCUT2D eigenvalue weighted by molar-refractivity contribution is 9.10. The number of halogens is 2. The Bertz CT molecular complexity index is 737. The van der Waals surface area contributed by atoms with Gasteiger partial charge in [0.2, 0.25) is 0 Å². The molecule has 0 heterocycles. The van der Waals surface area contributed by atoms with Crippen LogP contribution in [0.3, 0.4) is 0 Å². The molecule has 0 aliphatic rings. The first-order valence-electron chi connectivity index (χ1n) is 6.98. The van der Waals surface area contributed by atoms with Crippen molar-refractivity contribution in [2.75, 3.05) is 21.3 Å². The van der Waals surface area contributed by atoms with Crippen LogP contribution >= 0.6 is 27.5 Å². The Balaban J connectivity index is 2.02. The van der Waals surface area contributed by atoms with Gasteiger partial charge in [-0.15, -0.1) is 0 Å². The third kappa shape index (κ3) is 4.55. The summed E-state index contributed by atoms with van der Waals surface area (Å²) in [7, 11) is 4.70. The van der Waals surface area contributed by atoms with Crippen molar-refractivity contribution in [3.8, 4) is 17.2 Å². The van der Waals surface area contributed by atoms with Gasteiger partial charge < -0.3 is 19.0 Å². The van der Waals surface area contributed by atoms with Gasteiger partial charge in [-0.2, -0.15) is 0 Å². The van der Waals surface area contributed by atoms with Gasteiger partial charge in [0, 0.05) is 5.56 Å². The zero-order chi connectivity index (χ0) is 17.5. The summed E-state index contributed by atoms with van der Waals surface area (Å²) in [6.45, 7) is 0.333. The number of rotatable bonds is 7. The van der Waals surface area contributed by atoms with Crippen molar-refractivity contribution in [2.45, 2.75) is 6.61 Å². The molecule has 0 unspecified atom stereocenters. The molecule has 0 N–H and O–H groups in total. The lowest BCUT2D eigenvalue weighted by Gasteiger charge is -2.09. The van der Waals surface area contributed by atoms with Crippen LogP contribution in [0.25, 0.3) is 0 Å². The SMILES string of the molecule is COc1ccc(CO/N=C\c2cc(Cl)c(OC)c(OC)c2)cc1Br. The molecule has 0 amide bonds. The molecule has 0 atom stereocenters. The highest BCUT2D eigenvalue weighted by Crippen LogP contribution is 2.35. The van der Waals surface area contributed by atoms with Crippen LogP contribution in [0.1, 0.15) is 11.1 Å². The lowest BCUT2D eigenvalue weighted by Crippen LogP contribution is -1.94. The molecule has 5 nitrogen and oxygen atoms in total. The molecule has 0 saturated carbocycles. The largest absolute Gasteiger partial charge is 0.496 e. The topological polar surface area (TPSA) is 49.3 Å². The van der Waals surface area contributed by atoms with E-state index in [1.807, 2.05) is 18.2 Å². The Hall–Kier alpha value is -1.92. The minimum absolute atomic E-state index is 0.333. The number of hydrogen-bond donors (Lipinski definition) is 0. The monoisotopic (exact) mass is 413 g/mol. The van der Waals surface area contributed by atoms with Crippen molar-refractivity contribution in [1.29, 1.82) is 0 Å². The van der Waals surface area contributed by atoms with E-state index in [-0.39, 0.29) is 0 Å². The first-order valence-corrected chi connectivity index (χ1v) is 8.15. The predicted octanol–water partition coefficient (Wildman–Crippen LogP) is 4.68. The maximum absolute atomic E-state index is 6.14. The molecule has 24 heavy (non-hydrogen) atoms. The lowest BCUT2D eigenvalue weighted by atomic mass is 10.2. The molecule has 0 aliphatic carbocycles. The molecule has 0 radical (unpaired) electrons. The van der Waals surface area contributed by atoms with Crippen molar-refractivity contribution in [1.82, 2.24) is 0 Å². The number of benzene rings is 2. The van der Waals surface area contributed by atoms with Gasteiger partial charge in [0.15, 0.2) is 11.5 Å². The predicted molar refractivity (Wildman–Crippen MR) is 97.6 cm³/mol. The standard InChI is InChI=1S/C17H17BrClNO4/c1-21-15-5-4-11(6-13(15)18)10-24-20-9-12-7-14(19)17(23-3)16(8-12)22-2/h4-9H,10H2,1-3H3/b20-9-. The maximum atomic E-state index is 6.14. The number of hydrogen-bond acceptors (Lipinski definition) is 5. The van der Waals surface area contributed by atoms with Crippen LogP contribution in [0.5, 0.6) is 17.2 Å². The van der Waals surface area contributed by atoms with E-state index in [0.29, 0.717) is 23.1 Å². The molecule has 7 heteroatoms. The van der Waals surface area contributed by atoms with E-state index < -0.39 is 0 Å². The number of ether oxygens (including phenoxy) is 3. The molecule has 2 rings (SSSR count). The molecule has 0 aromatic heterocycles. The Labute approximate surface area is 154 Å². The molecule has 0 saturated heterocycles. The molecular formula is C17H17BrClNO4. The third-order valence-corrected chi connectivity index (χ3v) is 4.08. The van der Waals surface area contributed by atoms with Gasteiger partial charge in [0.25, 0.3) is 0 Å². The van der Waals surface area contributed by atoms with Gasteiger partial charge in [-0.25, -0.2) is 0 Å². The van der Waals surface area contributed by atoms with Crippen LogP contribution in [-0.4, -0.2) is 27.5 Å². The molecule has 128 valence electrons. The summed E-state index contributed by atoms with van der Waals surface area (Å²) in [5.74, 6) is 1.79. The number of nitrogens with zero attached hydrogens (tertiary/aromatic N) is 1. The van der Waals surface area contributed by atoms with Gasteiger partial charge in [-0.05, 0) is 45.8 Å². The average Bonchev–Trinajstić information content (AvgIpc) is 2.58. The molecule has 0 aliphatic heterocycles. The summed E-state index contributed by atoms with van der Waals surface area (Å²) in [4.78, 5) is 5.31. The molecule has 0 spiro atoms. The lowest BCUT2D eigenvalue weighted by molar-refractivity contribution is 0.132. The third-order valence-electron chi connectivity index (χ3n) is 3.18. The van der Waals surface area contributed by atoms with Crippen molar-refractivity contribution in [3.05, 3.63) is 51.0 Å². The average molecular weight is 415 g/mol. The van der Waals surface area contributed by atoms with Crippen LogP contribution in [0, 0.1) is 0 Å². The highest BCUT2D eigenvalue weighted by atomic mass is 79.9. The molecule has 0 fully saturated rings. The summed E-state index contributed by atoms with van der Waals surface area (Å²) in [5.41, 5.74) is 1.71. The van der Waals surface area contributed by atoms with E-state index in [0.717, 1.165) is 21.3 Å². The van der Waals surface area contributed by atoms with Crippen molar-refractivity contribution >= 4 is 33.7 Å². The van der Waals surface area contributed by atoms with Crippen LogP contribution in [0.4, 0.5) is 0 Å². The van der Waals surface area contributed by atoms with Gasteiger partial charge >= 0.3 is 0 Å². The summed E-state index contributed by atoms with van der Waals surface area (Å²) in [6.07, 6.45) is 1.56. The second-order valence-corrected chi connectivity index (χ2v) is 5.98.